The van der Waals surface area contributed by atoms with Crippen LogP contribution in [0.5, 0.6) is 5.75 Å². The van der Waals surface area contributed by atoms with Crippen LogP contribution in [0.25, 0.3) is 22.1 Å². The van der Waals surface area contributed by atoms with E-state index in [-0.39, 0.29) is 41.0 Å². The van der Waals surface area contributed by atoms with Crippen molar-refractivity contribution in [3.8, 4) is 5.75 Å². The molecular formula is C22H21N6O11P. The number of anilines is 1. The predicted molar refractivity (Wildman–Crippen MR) is 132 cm³/mol. The lowest BCUT2D eigenvalue weighted by molar-refractivity contribution is -0.138. The van der Waals surface area contributed by atoms with Gasteiger partial charge in [-0.05, 0) is 18.2 Å². The van der Waals surface area contributed by atoms with E-state index in [0.29, 0.717) is 11.0 Å². The standard InChI is InChI=1S/C22H21N6O11P/c23-18-15-19(25-7-24-18)28(8-26-15)21-17(31)16(30)14(38-21)6-36-40(33,34)39-22(32)11-5-35-20(27-11)13-3-9-1-2-10(29)4-12(9)37-13/h1-4,7-8,11,14,16-17,21,29-31H,5-6H2,(H,33,34)(H2,23,24,25)/t11?,14-,16-,17-,21-/m1/s1. The van der Waals surface area contributed by atoms with Gasteiger partial charge in [0.25, 0.3) is 5.90 Å². The Morgan fingerprint density at radius 3 is 2.85 bits per heavy atom. The number of imidazole rings is 1. The number of carbonyl (C=O) groups excluding carboxylic acids is 1. The van der Waals surface area contributed by atoms with Crippen LogP contribution in [0.3, 0.4) is 0 Å². The molecule has 0 spiro atoms. The number of furan rings is 1. The Morgan fingerprint density at radius 2 is 2.02 bits per heavy atom. The van der Waals surface area contributed by atoms with E-state index >= 15 is 0 Å². The van der Waals surface area contributed by atoms with E-state index in [1.807, 2.05) is 0 Å². The van der Waals surface area contributed by atoms with Gasteiger partial charge in [-0.15, -0.1) is 0 Å². The number of carbonyl (C=O) groups is 1. The minimum atomic E-state index is -5.00. The number of benzene rings is 1. The molecule has 0 amide bonds. The molecule has 3 aromatic heterocycles. The molecule has 18 heteroatoms. The molecule has 2 aliphatic heterocycles. The summed E-state index contributed by atoms with van der Waals surface area (Å²) in [5.74, 6) is -0.963. The van der Waals surface area contributed by atoms with Gasteiger partial charge in [0.05, 0.1) is 12.9 Å². The summed E-state index contributed by atoms with van der Waals surface area (Å²) < 4.78 is 39.8. The molecule has 6 rings (SSSR count). The van der Waals surface area contributed by atoms with Crippen LogP contribution in [0.2, 0.25) is 0 Å². The van der Waals surface area contributed by atoms with Gasteiger partial charge in [-0.3, -0.25) is 14.0 Å². The molecule has 210 valence electrons. The third-order valence-corrected chi connectivity index (χ3v) is 7.13. The fourth-order valence-corrected chi connectivity index (χ4v) is 5.01. The Bertz CT molecular complexity index is 1690. The Morgan fingerprint density at radius 1 is 1.20 bits per heavy atom. The van der Waals surface area contributed by atoms with Gasteiger partial charge in [0.1, 0.15) is 48.1 Å². The largest absolute Gasteiger partial charge is 0.529 e. The molecule has 1 fully saturated rings. The number of phosphoric ester groups is 1. The van der Waals surface area contributed by atoms with Gasteiger partial charge in [0.15, 0.2) is 29.5 Å². The second-order valence-corrected chi connectivity index (χ2v) is 10.3. The number of phenolic OH excluding ortho intramolecular Hbond substituents is 1. The number of hydrogen-bond acceptors (Lipinski definition) is 15. The third-order valence-electron chi connectivity index (χ3n) is 6.24. The summed E-state index contributed by atoms with van der Waals surface area (Å²) in [4.78, 5) is 38.6. The first-order valence-electron chi connectivity index (χ1n) is 11.7. The summed E-state index contributed by atoms with van der Waals surface area (Å²) >= 11 is 0. The summed E-state index contributed by atoms with van der Waals surface area (Å²) in [5.41, 5.74) is 6.61. The molecule has 40 heavy (non-hydrogen) atoms. The maximum atomic E-state index is 12.5. The molecule has 2 aliphatic rings. The number of phosphoric acid groups is 1. The SMILES string of the molecule is Nc1ncnc2c1ncn2[C@@H]1O[C@H](COP(=O)(O)OC(=O)C2COC(c3cc4ccc(O)cc4o3)=N2)[C@@H](O)[C@H]1O. The lowest BCUT2D eigenvalue weighted by atomic mass is 10.1. The number of aliphatic hydroxyl groups excluding tert-OH is 2. The van der Waals surface area contributed by atoms with Gasteiger partial charge < -0.3 is 39.5 Å². The van der Waals surface area contributed by atoms with Gasteiger partial charge >= 0.3 is 13.8 Å². The highest BCUT2D eigenvalue weighted by atomic mass is 31.2. The van der Waals surface area contributed by atoms with Crippen molar-refractivity contribution in [3.05, 3.63) is 42.7 Å². The van der Waals surface area contributed by atoms with E-state index in [1.54, 1.807) is 12.1 Å². The molecule has 6 N–H and O–H groups in total. The highest BCUT2D eigenvalue weighted by Crippen LogP contribution is 2.45. The Kier molecular flexibility index (Phi) is 6.41. The van der Waals surface area contributed by atoms with E-state index in [9.17, 15) is 29.6 Å². The number of phenols is 1. The van der Waals surface area contributed by atoms with Gasteiger partial charge in [-0.1, -0.05) is 0 Å². The fourth-order valence-electron chi connectivity index (χ4n) is 4.28. The quantitative estimate of drug-likeness (QED) is 0.181. The zero-order chi connectivity index (χ0) is 28.2. The normalized spacial score (nSPS) is 26.1. The monoisotopic (exact) mass is 576 g/mol. The molecule has 6 atom stereocenters. The highest BCUT2D eigenvalue weighted by molar-refractivity contribution is 7.48. The zero-order valence-electron chi connectivity index (χ0n) is 20.2. The van der Waals surface area contributed by atoms with Crippen LogP contribution in [0.1, 0.15) is 12.0 Å². The Labute approximate surface area is 223 Å². The van der Waals surface area contributed by atoms with Crippen LogP contribution < -0.4 is 5.73 Å². The molecule has 1 aromatic carbocycles. The molecule has 0 bridgehead atoms. The van der Waals surface area contributed by atoms with Crippen LogP contribution in [0.15, 0.2) is 46.3 Å². The summed E-state index contributed by atoms with van der Waals surface area (Å²) in [6.07, 6.45) is -3.04. The number of nitrogen functional groups attached to an aromatic ring is 1. The minimum absolute atomic E-state index is 0.00153. The number of rotatable bonds is 7. The van der Waals surface area contributed by atoms with Crippen LogP contribution in [-0.2, 0) is 27.9 Å². The summed E-state index contributed by atoms with van der Waals surface area (Å²) in [6, 6.07) is 4.79. The smallest absolute Gasteiger partial charge is 0.508 e. The van der Waals surface area contributed by atoms with Gasteiger partial charge in [0, 0.05) is 11.5 Å². The number of nitrogens with two attached hydrogens (primary N) is 1. The molecular weight excluding hydrogens is 555 g/mol. The fraction of sp³-hybridized carbons (Fsp3) is 0.318. The first-order valence-corrected chi connectivity index (χ1v) is 13.2. The summed E-state index contributed by atoms with van der Waals surface area (Å²) in [5, 5.41) is 31.2. The Hall–Kier alpha value is -4.12. The van der Waals surface area contributed by atoms with E-state index < -0.39 is 51.0 Å². The number of ether oxygens (including phenoxy) is 2. The van der Waals surface area contributed by atoms with Crippen LogP contribution >= 0.6 is 7.82 Å². The lowest BCUT2D eigenvalue weighted by Crippen LogP contribution is -2.33. The number of nitrogens with zero attached hydrogens (tertiary/aromatic N) is 5. The van der Waals surface area contributed by atoms with Gasteiger partial charge in [-0.2, -0.15) is 0 Å². The number of fused-ring (bicyclic) bond motifs is 2. The van der Waals surface area contributed by atoms with E-state index in [0.717, 1.165) is 0 Å². The van der Waals surface area contributed by atoms with Crippen molar-refractivity contribution in [1.82, 2.24) is 19.5 Å². The van der Waals surface area contributed by atoms with Crippen LogP contribution in [0, 0.1) is 0 Å². The molecule has 0 saturated carbocycles. The maximum Gasteiger partial charge on any atom is 0.529 e. The lowest BCUT2D eigenvalue weighted by Gasteiger charge is -2.17. The van der Waals surface area contributed by atoms with Crippen molar-refractivity contribution < 1.29 is 52.5 Å². The first-order chi connectivity index (χ1) is 19.1. The molecule has 17 nitrogen and oxygen atoms in total. The van der Waals surface area contributed by atoms with Crippen molar-refractivity contribution in [2.75, 3.05) is 18.9 Å². The van der Waals surface area contributed by atoms with Crippen LogP contribution in [0.4, 0.5) is 5.82 Å². The van der Waals surface area contributed by atoms with Crippen molar-refractivity contribution in [1.29, 1.82) is 0 Å². The number of aromatic hydroxyl groups is 1. The number of aromatic nitrogens is 4. The average molecular weight is 576 g/mol. The molecule has 2 unspecified atom stereocenters. The molecule has 1 saturated heterocycles. The number of aliphatic hydroxyl groups is 2. The molecule has 4 aromatic rings. The summed E-state index contributed by atoms with van der Waals surface area (Å²) in [7, 11) is -5.00. The molecule has 0 aliphatic carbocycles. The first kappa shape index (κ1) is 26.1. The summed E-state index contributed by atoms with van der Waals surface area (Å²) in [6.45, 7) is -1.01. The zero-order valence-corrected chi connectivity index (χ0v) is 21.1. The highest BCUT2D eigenvalue weighted by Gasteiger charge is 2.46. The van der Waals surface area contributed by atoms with Crippen molar-refractivity contribution in [2.24, 2.45) is 4.99 Å². The molecule has 5 heterocycles. The van der Waals surface area contributed by atoms with Crippen molar-refractivity contribution in [2.45, 2.75) is 30.6 Å². The van der Waals surface area contributed by atoms with E-state index in [1.165, 1.54) is 29.4 Å². The second-order valence-electron chi connectivity index (χ2n) is 8.90. The van der Waals surface area contributed by atoms with E-state index in [2.05, 4.69) is 24.5 Å². The second kappa shape index (κ2) is 9.81. The average Bonchev–Trinajstić information content (AvgIpc) is 3.69. The van der Waals surface area contributed by atoms with Crippen LogP contribution in [-0.4, -0.2) is 89.2 Å². The minimum Gasteiger partial charge on any atom is -0.508 e. The Balaban J connectivity index is 1.08. The topological polar surface area (TPSA) is 247 Å². The maximum absolute atomic E-state index is 12.5. The van der Waals surface area contributed by atoms with Gasteiger partial charge in [-0.25, -0.2) is 29.3 Å². The van der Waals surface area contributed by atoms with Crippen molar-refractivity contribution in [3.63, 3.8) is 0 Å². The van der Waals surface area contributed by atoms with Gasteiger partial charge in [0.2, 0.25) is 0 Å². The number of aliphatic imine (C=N–C) groups is 1. The predicted octanol–water partition coefficient (Wildman–Crippen LogP) is -0.0147. The third kappa shape index (κ3) is 4.74. The number of hydrogen-bond donors (Lipinski definition) is 5. The van der Waals surface area contributed by atoms with Crippen molar-refractivity contribution >= 4 is 47.6 Å². The van der Waals surface area contributed by atoms with E-state index in [4.69, 9.17) is 24.1 Å². The molecule has 0 radical (unpaired) electrons.